The third-order valence-corrected chi connectivity index (χ3v) is 4.20. The number of pyridine rings is 1. The molecule has 2 aromatic heterocycles. The van der Waals surface area contributed by atoms with Gasteiger partial charge < -0.3 is 9.55 Å². The van der Waals surface area contributed by atoms with Gasteiger partial charge in [-0.15, -0.1) is 0 Å². The fourth-order valence-electron chi connectivity index (χ4n) is 2.87. The second-order valence-corrected chi connectivity index (χ2v) is 6.12. The number of H-pyrrole nitrogens is 1. The zero-order valence-corrected chi connectivity index (χ0v) is 14.1. The average molecular weight is 339 g/mol. The Balaban J connectivity index is 1.62. The van der Waals surface area contributed by atoms with Crippen LogP contribution < -0.4 is 5.56 Å². The van der Waals surface area contributed by atoms with E-state index in [9.17, 15) is 4.79 Å². The number of aromatic nitrogens is 3. The maximum Gasteiger partial charge on any atom is 0.253 e. The number of hydrogen-bond donors (Lipinski definition) is 1. The summed E-state index contributed by atoms with van der Waals surface area (Å²) in [6.07, 6.45) is 5.97. The number of aromatic amines is 1. The molecule has 0 amide bonds. The van der Waals surface area contributed by atoms with E-state index in [4.69, 9.17) is 0 Å². The molecule has 0 spiro atoms. The highest BCUT2D eigenvalue weighted by atomic mass is 16.1. The summed E-state index contributed by atoms with van der Waals surface area (Å²) in [6, 6.07) is 18.0. The maximum absolute atomic E-state index is 12.3. The molecule has 2 heterocycles. The van der Waals surface area contributed by atoms with E-state index in [1.165, 1.54) is 5.56 Å². The van der Waals surface area contributed by atoms with Crippen molar-refractivity contribution < 1.29 is 0 Å². The van der Waals surface area contributed by atoms with Crippen molar-refractivity contribution in [2.24, 2.45) is 0 Å². The molecule has 0 unspecified atom stereocenters. The first-order valence-electron chi connectivity index (χ1n) is 8.42. The number of nitrogens with one attached hydrogen (secondary N) is 1. The zero-order valence-electron chi connectivity index (χ0n) is 14.1. The Bertz CT molecular complexity index is 1150. The van der Waals surface area contributed by atoms with E-state index in [1.54, 1.807) is 12.5 Å². The molecular formula is C22H17N3O. The van der Waals surface area contributed by atoms with Gasteiger partial charge >= 0.3 is 0 Å². The topological polar surface area (TPSA) is 50.7 Å². The van der Waals surface area contributed by atoms with Crippen LogP contribution in [0.2, 0.25) is 0 Å². The lowest BCUT2D eigenvalue weighted by atomic mass is 10.1. The van der Waals surface area contributed by atoms with Crippen LogP contribution in [-0.4, -0.2) is 14.5 Å². The molecule has 0 saturated carbocycles. The van der Waals surface area contributed by atoms with Crippen molar-refractivity contribution in [1.29, 1.82) is 0 Å². The van der Waals surface area contributed by atoms with Gasteiger partial charge in [-0.1, -0.05) is 42.2 Å². The Labute approximate surface area is 151 Å². The highest BCUT2D eigenvalue weighted by molar-refractivity contribution is 5.80. The molecule has 0 saturated heterocycles. The molecule has 4 aromatic rings. The molecule has 0 atom stereocenters. The first kappa shape index (κ1) is 15.9. The van der Waals surface area contributed by atoms with E-state index < -0.39 is 0 Å². The number of imidazole rings is 1. The Kier molecular flexibility index (Phi) is 4.36. The minimum atomic E-state index is -0.0749. The number of nitrogens with zero attached hydrogens (tertiary/aromatic N) is 2. The van der Waals surface area contributed by atoms with Crippen LogP contribution in [0.25, 0.3) is 10.9 Å². The van der Waals surface area contributed by atoms with Crippen LogP contribution >= 0.6 is 0 Å². The van der Waals surface area contributed by atoms with Crippen LogP contribution in [0.4, 0.5) is 0 Å². The van der Waals surface area contributed by atoms with Gasteiger partial charge in [0.2, 0.25) is 0 Å². The molecule has 4 nitrogen and oxygen atoms in total. The summed E-state index contributed by atoms with van der Waals surface area (Å²) in [6.45, 7) is 0.495. The third kappa shape index (κ3) is 3.57. The van der Waals surface area contributed by atoms with E-state index in [2.05, 4.69) is 33.9 Å². The van der Waals surface area contributed by atoms with E-state index in [0.29, 0.717) is 12.1 Å². The Morgan fingerprint density at radius 2 is 1.96 bits per heavy atom. The maximum atomic E-state index is 12.3. The lowest BCUT2D eigenvalue weighted by molar-refractivity contribution is 0.788. The molecule has 0 bridgehead atoms. The number of benzene rings is 2. The summed E-state index contributed by atoms with van der Waals surface area (Å²) >= 11 is 0. The van der Waals surface area contributed by atoms with Gasteiger partial charge in [0.15, 0.2) is 0 Å². The first-order chi connectivity index (χ1) is 12.8. The molecule has 0 fully saturated rings. The van der Waals surface area contributed by atoms with Gasteiger partial charge in [-0.25, -0.2) is 4.98 Å². The van der Waals surface area contributed by atoms with Crippen LogP contribution in [-0.2, 0) is 13.0 Å². The average Bonchev–Trinajstić information content (AvgIpc) is 3.17. The minimum absolute atomic E-state index is 0.0749. The molecule has 1 N–H and O–H groups in total. The van der Waals surface area contributed by atoms with Crippen LogP contribution in [0, 0.1) is 11.8 Å². The molecule has 4 heteroatoms. The van der Waals surface area contributed by atoms with Gasteiger partial charge in [-0.05, 0) is 35.2 Å². The van der Waals surface area contributed by atoms with Crippen molar-refractivity contribution in [3.63, 3.8) is 0 Å². The van der Waals surface area contributed by atoms with E-state index in [0.717, 1.165) is 22.9 Å². The van der Waals surface area contributed by atoms with Gasteiger partial charge in [0.1, 0.15) is 0 Å². The van der Waals surface area contributed by atoms with Crippen LogP contribution in [0.3, 0.4) is 0 Å². The smallest absolute Gasteiger partial charge is 0.253 e. The van der Waals surface area contributed by atoms with E-state index >= 15 is 0 Å². The van der Waals surface area contributed by atoms with Crippen LogP contribution in [0.5, 0.6) is 0 Å². The monoisotopic (exact) mass is 339 g/mol. The van der Waals surface area contributed by atoms with Crippen molar-refractivity contribution in [1.82, 2.24) is 14.5 Å². The lowest BCUT2D eigenvalue weighted by Crippen LogP contribution is -2.14. The largest absolute Gasteiger partial charge is 0.333 e. The Hall–Kier alpha value is -3.58. The van der Waals surface area contributed by atoms with Gasteiger partial charge in [-0.3, -0.25) is 4.79 Å². The number of hydrogen-bond acceptors (Lipinski definition) is 2. The van der Waals surface area contributed by atoms with Gasteiger partial charge in [0.05, 0.1) is 12.9 Å². The van der Waals surface area contributed by atoms with Crippen LogP contribution in [0.15, 0.2) is 78.1 Å². The fourth-order valence-corrected chi connectivity index (χ4v) is 2.87. The molecule has 0 aliphatic rings. The predicted molar refractivity (Wildman–Crippen MR) is 103 cm³/mol. The fraction of sp³-hybridized carbons (Fsp3) is 0.0909. The molecule has 26 heavy (non-hydrogen) atoms. The van der Waals surface area contributed by atoms with Gasteiger partial charge in [0, 0.05) is 35.5 Å². The van der Waals surface area contributed by atoms with E-state index in [1.807, 2.05) is 53.2 Å². The summed E-state index contributed by atoms with van der Waals surface area (Å²) in [5, 5.41) is 0.978. The van der Waals surface area contributed by atoms with Crippen molar-refractivity contribution >= 4 is 10.9 Å². The third-order valence-electron chi connectivity index (χ3n) is 4.20. The summed E-state index contributed by atoms with van der Waals surface area (Å²) in [7, 11) is 0. The van der Waals surface area contributed by atoms with Crippen LogP contribution in [0.1, 0.15) is 16.7 Å². The molecule has 0 radical (unpaired) electrons. The summed E-state index contributed by atoms with van der Waals surface area (Å²) in [4.78, 5) is 19.2. The second kappa shape index (κ2) is 7.12. The highest BCUT2D eigenvalue weighted by Gasteiger charge is 2.04. The van der Waals surface area contributed by atoms with Crippen molar-refractivity contribution in [3.05, 3.63) is 100 Å². The van der Waals surface area contributed by atoms with Crippen molar-refractivity contribution in [3.8, 4) is 11.8 Å². The summed E-state index contributed by atoms with van der Waals surface area (Å²) < 4.78 is 1.87. The molecule has 0 aliphatic carbocycles. The Morgan fingerprint density at radius 3 is 2.77 bits per heavy atom. The SMILES string of the molecule is O=c1[nH]c2ccc(C#CCc3ccccc3)cc2cc1Cn1ccnc1. The van der Waals surface area contributed by atoms with Gasteiger partial charge in [0.25, 0.3) is 5.56 Å². The Morgan fingerprint density at radius 1 is 1.08 bits per heavy atom. The number of fused-ring (bicyclic) bond motifs is 1. The zero-order chi connectivity index (χ0) is 17.8. The minimum Gasteiger partial charge on any atom is -0.333 e. The van der Waals surface area contributed by atoms with Crippen molar-refractivity contribution in [2.45, 2.75) is 13.0 Å². The molecule has 0 aliphatic heterocycles. The summed E-state index contributed by atoms with van der Waals surface area (Å²) in [5.41, 5.74) is 3.58. The highest BCUT2D eigenvalue weighted by Crippen LogP contribution is 2.14. The first-order valence-corrected chi connectivity index (χ1v) is 8.42. The number of rotatable bonds is 3. The van der Waals surface area contributed by atoms with E-state index in [-0.39, 0.29) is 5.56 Å². The second-order valence-electron chi connectivity index (χ2n) is 6.12. The molecule has 4 rings (SSSR count). The van der Waals surface area contributed by atoms with Gasteiger partial charge in [-0.2, -0.15) is 0 Å². The quantitative estimate of drug-likeness (QED) is 0.582. The molecule has 126 valence electrons. The molecular weight excluding hydrogens is 322 g/mol. The predicted octanol–water partition coefficient (Wildman–Crippen LogP) is 3.37. The standard InChI is InChI=1S/C22H17N3O/c26-22-20(15-25-12-11-23-16-25)14-19-13-18(9-10-21(19)24-22)8-4-7-17-5-2-1-3-6-17/h1-3,5-6,9-14,16H,7,15H2,(H,24,26). The normalized spacial score (nSPS) is 10.5. The molecule has 2 aromatic carbocycles. The summed E-state index contributed by atoms with van der Waals surface area (Å²) in [5.74, 6) is 6.42. The lowest BCUT2D eigenvalue weighted by Gasteiger charge is -2.05. The van der Waals surface area contributed by atoms with Crippen molar-refractivity contribution in [2.75, 3.05) is 0 Å².